The highest BCUT2D eigenvalue weighted by molar-refractivity contribution is 5.04. The Kier molecular flexibility index (Phi) is 15.3. The fourth-order valence-electron chi connectivity index (χ4n) is 6.40. The average Bonchev–Trinajstić information content (AvgIpc) is 2.74. The summed E-state index contributed by atoms with van der Waals surface area (Å²) in [5, 5.41) is 0. The van der Waals surface area contributed by atoms with Gasteiger partial charge >= 0.3 is 0 Å². The Morgan fingerprint density at radius 1 is 0.657 bits per heavy atom. The third-order valence-electron chi connectivity index (χ3n) is 8.37. The molecule has 0 aromatic rings. The van der Waals surface area contributed by atoms with Crippen LogP contribution in [0.1, 0.15) is 174 Å². The molecule has 2 nitrogen and oxygen atoms in total. The highest BCUT2D eigenvalue weighted by Gasteiger charge is 2.52. The normalized spacial score (nSPS) is 17.7. The van der Waals surface area contributed by atoms with E-state index in [2.05, 4.69) is 107 Å². The number of rotatable bonds is 18. The van der Waals surface area contributed by atoms with Crippen LogP contribution in [0.25, 0.3) is 0 Å². The highest BCUT2D eigenvalue weighted by atomic mass is 15.5. The van der Waals surface area contributed by atoms with E-state index in [4.69, 9.17) is 0 Å². The summed E-state index contributed by atoms with van der Waals surface area (Å²) in [5.74, 6) is 0.726. The van der Waals surface area contributed by atoms with Crippen LogP contribution < -0.4 is 0 Å². The molecular weight excluding hydrogens is 424 g/mol. The molecule has 212 valence electrons. The van der Waals surface area contributed by atoms with Crippen LogP contribution in [0, 0.1) is 11.3 Å². The van der Waals surface area contributed by atoms with Crippen LogP contribution in [0.15, 0.2) is 0 Å². The van der Waals surface area contributed by atoms with Crippen molar-refractivity contribution in [2.75, 3.05) is 6.54 Å². The summed E-state index contributed by atoms with van der Waals surface area (Å²) in [4.78, 5) is 6.11. The summed E-state index contributed by atoms with van der Waals surface area (Å²) in [6, 6.07) is 0.558. The standard InChI is InChI=1S/C33H70N2/c1-15-19-21-24-32(14,18-4)34(27-30(8,9)10)33(25-22-20-16-2,26-23-28(5)6)35(29(7)17-3)31(11,12)13/h28-29H,15-27H2,1-14H3. The molecule has 0 fully saturated rings. The molecule has 0 N–H and O–H groups in total. The topological polar surface area (TPSA) is 6.48 Å². The Labute approximate surface area is 224 Å². The molecule has 0 aliphatic rings. The summed E-state index contributed by atoms with van der Waals surface area (Å²) in [6.45, 7) is 35.6. The van der Waals surface area contributed by atoms with Gasteiger partial charge in [0.1, 0.15) is 0 Å². The van der Waals surface area contributed by atoms with Gasteiger partial charge in [0.15, 0.2) is 0 Å². The lowest BCUT2D eigenvalue weighted by Crippen LogP contribution is -2.73. The van der Waals surface area contributed by atoms with E-state index in [0.29, 0.717) is 6.04 Å². The first kappa shape index (κ1) is 34.9. The fourth-order valence-corrected chi connectivity index (χ4v) is 6.40. The summed E-state index contributed by atoms with van der Waals surface area (Å²) < 4.78 is 0. The Morgan fingerprint density at radius 2 is 1.17 bits per heavy atom. The maximum Gasteiger partial charge on any atom is 0.0749 e. The molecule has 0 aromatic carbocycles. The van der Waals surface area contributed by atoms with Gasteiger partial charge in [0, 0.05) is 23.7 Å². The Morgan fingerprint density at radius 3 is 1.54 bits per heavy atom. The molecule has 0 rings (SSSR count). The van der Waals surface area contributed by atoms with Crippen molar-refractivity contribution < 1.29 is 0 Å². The minimum absolute atomic E-state index is 0.0807. The monoisotopic (exact) mass is 495 g/mol. The fraction of sp³-hybridized carbons (Fsp3) is 1.00. The van der Waals surface area contributed by atoms with Gasteiger partial charge in [-0.15, -0.1) is 0 Å². The van der Waals surface area contributed by atoms with Crippen LogP contribution in [0.2, 0.25) is 0 Å². The summed E-state index contributed by atoms with van der Waals surface area (Å²) in [5.41, 5.74) is 0.667. The van der Waals surface area contributed by atoms with Gasteiger partial charge in [-0.1, -0.05) is 101 Å². The molecule has 3 atom stereocenters. The molecule has 35 heavy (non-hydrogen) atoms. The highest BCUT2D eigenvalue weighted by Crippen LogP contribution is 2.46. The first-order valence-electron chi connectivity index (χ1n) is 15.6. The molecule has 3 unspecified atom stereocenters. The van der Waals surface area contributed by atoms with Gasteiger partial charge in [0.05, 0.1) is 5.66 Å². The zero-order valence-corrected chi connectivity index (χ0v) is 27.2. The quantitative estimate of drug-likeness (QED) is 0.138. The summed E-state index contributed by atoms with van der Waals surface area (Å²) in [6.07, 6.45) is 15.5. The third kappa shape index (κ3) is 11.1. The molecule has 0 aliphatic heterocycles. The van der Waals surface area contributed by atoms with Gasteiger partial charge in [0.2, 0.25) is 0 Å². The van der Waals surface area contributed by atoms with Crippen molar-refractivity contribution in [1.29, 1.82) is 0 Å². The first-order chi connectivity index (χ1) is 16.0. The second-order valence-corrected chi connectivity index (χ2v) is 14.6. The lowest BCUT2D eigenvalue weighted by Gasteiger charge is -2.64. The molecule has 0 spiro atoms. The molecule has 0 saturated heterocycles. The van der Waals surface area contributed by atoms with Crippen molar-refractivity contribution in [3.05, 3.63) is 0 Å². The smallest absolute Gasteiger partial charge is 0.0749 e. The van der Waals surface area contributed by atoms with Crippen LogP contribution in [-0.2, 0) is 0 Å². The molecule has 0 aliphatic carbocycles. The summed E-state index contributed by atoms with van der Waals surface area (Å²) in [7, 11) is 0. The Bertz CT molecular complexity index is 540. The van der Waals surface area contributed by atoms with Gasteiger partial charge in [-0.3, -0.25) is 9.80 Å². The van der Waals surface area contributed by atoms with E-state index in [1.165, 1.54) is 77.0 Å². The van der Waals surface area contributed by atoms with Gasteiger partial charge in [-0.25, -0.2) is 0 Å². The van der Waals surface area contributed by atoms with Crippen molar-refractivity contribution in [2.24, 2.45) is 11.3 Å². The van der Waals surface area contributed by atoms with Crippen LogP contribution in [0.5, 0.6) is 0 Å². The molecule has 0 amide bonds. The van der Waals surface area contributed by atoms with Crippen molar-refractivity contribution in [3.8, 4) is 0 Å². The van der Waals surface area contributed by atoms with E-state index < -0.39 is 0 Å². The molecule has 0 heterocycles. The molecule has 0 bridgehead atoms. The predicted octanol–water partition coefficient (Wildman–Crippen LogP) is 10.7. The second kappa shape index (κ2) is 15.4. The van der Waals surface area contributed by atoms with Crippen LogP contribution in [-0.4, -0.2) is 39.1 Å². The van der Waals surface area contributed by atoms with Crippen molar-refractivity contribution in [2.45, 2.75) is 197 Å². The van der Waals surface area contributed by atoms with Crippen LogP contribution in [0.4, 0.5) is 0 Å². The number of hydrogen-bond acceptors (Lipinski definition) is 2. The minimum atomic E-state index is 0.0807. The van der Waals surface area contributed by atoms with Crippen molar-refractivity contribution in [3.63, 3.8) is 0 Å². The van der Waals surface area contributed by atoms with E-state index in [1.54, 1.807) is 0 Å². The van der Waals surface area contributed by atoms with Gasteiger partial charge in [0.25, 0.3) is 0 Å². The molecule has 0 aromatic heterocycles. The average molecular weight is 495 g/mol. The maximum absolute atomic E-state index is 3.10. The lowest BCUT2D eigenvalue weighted by atomic mass is 9.77. The molecule has 2 heteroatoms. The van der Waals surface area contributed by atoms with E-state index in [9.17, 15) is 0 Å². The Hall–Kier alpha value is -0.0800. The first-order valence-corrected chi connectivity index (χ1v) is 15.6. The summed E-state index contributed by atoms with van der Waals surface area (Å²) >= 11 is 0. The zero-order chi connectivity index (χ0) is 27.5. The Balaban J connectivity index is 7.25. The third-order valence-corrected chi connectivity index (χ3v) is 8.37. The predicted molar refractivity (Wildman–Crippen MR) is 161 cm³/mol. The molecular formula is C33H70N2. The molecule has 0 radical (unpaired) electrons. The van der Waals surface area contributed by atoms with E-state index in [-0.39, 0.29) is 22.2 Å². The minimum Gasteiger partial charge on any atom is -0.279 e. The number of unbranched alkanes of at least 4 members (excludes halogenated alkanes) is 4. The van der Waals surface area contributed by atoms with E-state index >= 15 is 0 Å². The van der Waals surface area contributed by atoms with Crippen LogP contribution in [0.3, 0.4) is 0 Å². The SMILES string of the molecule is CCCCCC(C)(CC)N(CC(C)(C)C)C(CCCCC)(CCC(C)C)N(C(C)CC)C(C)(C)C. The van der Waals surface area contributed by atoms with Crippen molar-refractivity contribution >= 4 is 0 Å². The zero-order valence-electron chi connectivity index (χ0n) is 27.2. The maximum atomic E-state index is 3.10. The number of nitrogens with zero attached hydrogens (tertiary/aromatic N) is 2. The lowest BCUT2D eigenvalue weighted by molar-refractivity contribution is -0.184. The van der Waals surface area contributed by atoms with E-state index in [0.717, 1.165) is 12.5 Å². The number of hydrogen-bond donors (Lipinski definition) is 0. The van der Waals surface area contributed by atoms with Gasteiger partial charge < -0.3 is 0 Å². The van der Waals surface area contributed by atoms with Crippen LogP contribution >= 0.6 is 0 Å². The second-order valence-electron chi connectivity index (χ2n) is 14.6. The van der Waals surface area contributed by atoms with Gasteiger partial charge in [-0.2, -0.15) is 0 Å². The molecule has 0 saturated carbocycles. The largest absolute Gasteiger partial charge is 0.279 e. The van der Waals surface area contributed by atoms with Crippen molar-refractivity contribution in [1.82, 2.24) is 9.80 Å². The van der Waals surface area contributed by atoms with E-state index in [1.807, 2.05) is 0 Å². The van der Waals surface area contributed by atoms with Gasteiger partial charge in [-0.05, 0) is 84.5 Å².